The SMILES string of the molecule is Cc1cc(O[C@H](C)C(=O)O)cc(C)c1Br. The average Bonchev–Trinajstić information content (AvgIpc) is 2.13. The molecule has 0 aliphatic carbocycles. The molecular weight excluding hydrogens is 260 g/mol. The maximum atomic E-state index is 10.6. The highest BCUT2D eigenvalue weighted by molar-refractivity contribution is 9.10. The fraction of sp³-hybridized carbons (Fsp3) is 0.364. The summed E-state index contributed by atoms with van der Waals surface area (Å²) in [5.74, 6) is -0.378. The highest BCUT2D eigenvalue weighted by Gasteiger charge is 2.13. The molecule has 0 amide bonds. The van der Waals surface area contributed by atoms with E-state index in [1.165, 1.54) is 6.92 Å². The molecule has 0 bridgehead atoms. The van der Waals surface area contributed by atoms with E-state index in [-0.39, 0.29) is 0 Å². The number of benzene rings is 1. The van der Waals surface area contributed by atoms with Crippen LogP contribution in [0.25, 0.3) is 0 Å². The van der Waals surface area contributed by atoms with Crippen LogP contribution in [0.1, 0.15) is 18.1 Å². The Morgan fingerprint density at radius 3 is 2.27 bits per heavy atom. The lowest BCUT2D eigenvalue weighted by atomic mass is 10.1. The van der Waals surface area contributed by atoms with Crippen LogP contribution in [-0.2, 0) is 4.79 Å². The van der Waals surface area contributed by atoms with E-state index in [2.05, 4.69) is 15.9 Å². The zero-order valence-corrected chi connectivity index (χ0v) is 10.5. The van der Waals surface area contributed by atoms with Crippen molar-refractivity contribution in [3.05, 3.63) is 27.7 Å². The lowest BCUT2D eigenvalue weighted by Gasteiger charge is -2.12. The van der Waals surface area contributed by atoms with Gasteiger partial charge in [0.25, 0.3) is 0 Å². The topological polar surface area (TPSA) is 46.5 Å². The van der Waals surface area contributed by atoms with Gasteiger partial charge in [0.15, 0.2) is 6.10 Å². The third-order valence-corrected chi connectivity index (χ3v) is 3.32. The van der Waals surface area contributed by atoms with E-state index in [1.54, 1.807) is 0 Å². The van der Waals surface area contributed by atoms with E-state index in [1.807, 2.05) is 26.0 Å². The van der Waals surface area contributed by atoms with Crippen LogP contribution >= 0.6 is 15.9 Å². The van der Waals surface area contributed by atoms with Crippen molar-refractivity contribution in [1.82, 2.24) is 0 Å². The summed E-state index contributed by atoms with van der Waals surface area (Å²) in [5, 5.41) is 8.70. The fourth-order valence-electron chi connectivity index (χ4n) is 1.23. The minimum Gasteiger partial charge on any atom is -0.479 e. The van der Waals surface area contributed by atoms with Crippen molar-refractivity contribution in [3.8, 4) is 5.75 Å². The minimum atomic E-state index is -0.965. The van der Waals surface area contributed by atoms with Crippen LogP contribution in [0.2, 0.25) is 0 Å². The second-order valence-electron chi connectivity index (χ2n) is 3.47. The van der Waals surface area contributed by atoms with Crippen molar-refractivity contribution in [3.63, 3.8) is 0 Å². The molecule has 0 heterocycles. The summed E-state index contributed by atoms with van der Waals surface area (Å²) >= 11 is 3.44. The van der Waals surface area contributed by atoms with Gasteiger partial charge in [0.05, 0.1) is 0 Å². The quantitative estimate of drug-likeness (QED) is 0.921. The number of carboxylic acid groups (broad SMARTS) is 1. The molecule has 82 valence electrons. The zero-order chi connectivity index (χ0) is 11.6. The molecule has 0 saturated heterocycles. The maximum absolute atomic E-state index is 10.6. The molecule has 1 rings (SSSR count). The van der Waals surface area contributed by atoms with Crippen molar-refractivity contribution < 1.29 is 14.6 Å². The van der Waals surface area contributed by atoms with Gasteiger partial charge in [-0.05, 0) is 44.0 Å². The third-order valence-electron chi connectivity index (χ3n) is 2.07. The van der Waals surface area contributed by atoms with Crippen molar-refractivity contribution in [2.45, 2.75) is 26.9 Å². The number of rotatable bonds is 3. The Morgan fingerprint density at radius 2 is 1.87 bits per heavy atom. The number of ether oxygens (including phenoxy) is 1. The van der Waals surface area contributed by atoms with Crippen LogP contribution in [0.5, 0.6) is 5.75 Å². The standard InChI is InChI=1S/C11H13BrO3/c1-6-4-9(5-7(2)10(6)12)15-8(3)11(13)14/h4-5,8H,1-3H3,(H,13,14)/t8-/m1/s1. The molecule has 4 heteroatoms. The molecule has 0 aliphatic heterocycles. The predicted molar refractivity (Wildman–Crippen MR) is 61.3 cm³/mol. The predicted octanol–water partition coefficient (Wildman–Crippen LogP) is 2.92. The molecule has 0 aliphatic rings. The maximum Gasteiger partial charge on any atom is 0.344 e. The van der Waals surface area contributed by atoms with E-state index in [4.69, 9.17) is 9.84 Å². The van der Waals surface area contributed by atoms with E-state index in [0.717, 1.165) is 15.6 Å². The Balaban J connectivity index is 2.92. The molecule has 0 radical (unpaired) electrons. The molecule has 1 atom stereocenters. The summed E-state index contributed by atoms with van der Waals surface area (Å²) in [5.41, 5.74) is 2.06. The highest BCUT2D eigenvalue weighted by Crippen LogP contribution is 2.26. The molecule has 0 saturated carbocycles. The molecule has 3 nitrogen and oxygen atoms in total. The second-order valence-corrected chi connectivity index (χ2v) is 4.26. The lowest BCUT2D eigenvalue weighted by molar-refractivity contribution is -0.144. The Kier molecular flexibility index (Phi) is 3.74. The van der Waals surface area contributed by atoms with Crippen LogP contribution < -0.4 is 4.74 Å². The van der Waals surface area contributed by atoms with Crippen molar-refractivity contribution in [2.24, 2.45) is 0 Å². The van der Waals surface area contributed by atoms with E-state index >= 15 is 0 Å². The Hall–Kier alpha value is -1.03. The molecule has 0 unspecified atom stereocenters. The van der Waals surface area contributed by atoms with Gasteiger partial charge in [-0.2, -0.15) is 0 Å². The first kappa shape index (κ1) is 12.0. The normalized spacial score (nSPS) is 12.3. The number of hydrogen-bond donors (Lipinski definition) is 1. The Bertz CT molecular complexity index is 364. The minimum absolute atomic E-state index is 0.586. The van der Waals surface area contributed by atoms with Gasteiger partial charge >= 0.3 is 5.97 Å². The van der Waals surface area contributed by atoms with Crippen LogP contribution in [0, 0.1) is 13.8 Å². The van der Waals surface area contributed by atoms with Gasteiger partial charge in [0, 0.05) is 4.47 Å². The van der Waals surface area contributed by atoms with Gasteiger partial charge in [-0.25, -0.2) is 4.79 Å². The molecule has 0 fully saturated rings. The average molecular weight is 273 g/mol. The monoisotopic (exact) mass is 272 g/mol. The first-order chi connectivity index (χ1) is 6.91. The van der Waals surface area contributed by atoms with Gasteiger partial charge in [0.2, 0.25) is 0 Å². The lowest BCUT2D eigenvalue weighted by Crippen LogP contribution is -2.22. The molecular formula is C11H13BrO3. The smallest absolute Gasteiger partial charge is 0.344 e. The molecule has 0 aromatic heterocycles. The summed E-state index contributed by atoms with van der Waals surface area (Å²) < 4.78 is 6.30. The fourth-order valence-corrected chi connectivity index (χ4v) is 1.46. The van der Waals surface area contributed by atoms with Crippen molar-refractivity contribution >= 4 is 21.9 Å². The van der Waals surface area contributed by atoms with Crippen molar-refractivity contribution in [1.29, 1.82) is 0 Å². The summed E-state index contributed by atoms with van der Waals surface area (Å²) in [6, 6.07) is 3.63. The second kappa shape index (κ2) is 4.66. The Labute approximate surface area is 97.2 Å². The van der Waals surface area contributed by atoms with E-state index in [9.17, 15) is 4.79 Å². The van der Waals surface area contributed by atoms with Crippen molar-refractivity contribution in [2.75, 3.05) is 0 Å². The van der Waals surface area contributed by atoms with Gasteiger partial charge in [-0.3, -0.25) is 0 Å². The first-order valence-corrected chi connectivity index (χ1v) is 5.37. The molecule has 15 heavy (non-hydrogen) atoms. The summed E-state index contributed by atoms with van der Waals surface area (Å²) in [4.78, 5) is 10.6. The van der Waals surface area contributed by atoms with Crippen LogP contribution in [0.15, 0.2) is 16.6 Å². The van der Waals surface area contributed by atoms with Gasteiger partial charge in [0.1, 0.15) is 5.75 Å². The summed E-state index contributed by atoms with van der Waals surface area (Å²) in [6.07, 6.45) is -0.829. The van der Waals surface area contributed by atoms with Gasteiger partial charge in [-0.15, -0.1) is 0 Å². The van der Waals surface area contributed by atoms with Gasteiger partial charge in [-0.1, -0.05) is 15.9 Å². The Morgan fingerprint density at radius 1 is 1.40 bits per heavy atom. The summed E-state index contributed by atoms with van der Waals surface area (Å²) in [6.45, 7) is 5.39. The molecule has 1 aromatic rings. The largest absolute Gasteiger partial charge is 0.479 e. The molecule has 0 spiro atoms. The molecule has 1 N–H and O–H groups in total. The number of halogens is 1. The van der Waals surface area contributed by atoms with E-state index in [0.29, 0.717) is 5.75 Å². The van der Waals surface area contributed by atoms with Crippen LogP contribution in [0.3, 0.4) is 0 Å². The first-order valence-electron chi connectivity index (χ1n) is 4.58. The van der Waals surface area contributed by atoms with Crippen LogP contribution in [0.4, 0.5) is 0 Å². The summed E-state index contributed by atoms with van der Waals surface area (Å²) in [7, 11) is 0. The number of hydrogen-bond acceptors (Lipinski definition) is 2. The third kappa shape index (κ3) is 2.96. The number of carbonyl (C=O) groups is 1. The number of aryl methyl sites for hydroxylation is 2. The van der Waals surface area contributed by atoms with Crippen LogP contribution in [-0.4, -0.2) is 17.2 Å². The highest BCUT2D eigenvalue weighted by atomic mass is 79.9. The van der Waals surface area contributed by atoms with Gasteiger partial charge < -0.3 is 9.84 Å². The number of aliphatic carboxylic acids is 1. The van der Waals surface area contributed by atoms with E-state index < -0.39 is 12.1 Å². The molecule has 1 aromatic carbocycles. The number of carboxylic acids is 1. The zero-order valence-electron chi connectivity index (χ0n) is 8.87.